The summed E-state index contributed by atoms with van der Waals surface area (Å²) in [5.41, 5.74) is 0.738. The predicted molar refractivity (Wildman–Crippen MR) is 122 cm³/mol. The maximum Gasteiger partial charge on any atom is 0.300 e. The Morgan fingerprint density at radius 2 is 1.76 bits per heavy atom. The number of anilines is 1. The number of aryl methyl sites for hydroxylation is 1. The number of Topliss-reactive ketones (excluding diaryl/α,β-unsaturated/α-hetero) is 1. The van der Waals surface area contributed by atoms with Crippen molar-refractivity contribution in [1.82, 2.24) is 0 Å². The molecule has 1 saturated heterocycles. The molecule has 1 unspecified atom stereocenters. The summed E-state index contributed by atoms with van der Waals surface area (Å²) in [4.78, 5) is 27.2. The molecule has 2 N–H and O–H groups in total. The molecule has 34 heavy (non-hydrogen) atoms. The van der Waals surface area contributed by atoms with E-state index < -0.39 is 35.1 Å². The Balaban J connectivity index is 1.98. The summed E-state index contributed by atoms with van der Waals surface area (Å²) in [6.45, 7) is 1.69. The third kappa shape index (κ3) is 3.86. The summed E-state index contributed by atoms with van der Waals surface area (Å²) in [6, 6.07) is 10.3. The molecule has 0 aromatic heterocycles. The van der Waals surface area contributed by atoms with Crippen molar-refractivity contribution in [3.8, 4) is 11.5 Å². The fourth-order valence-electron chi connectivity index (χ4n) is 3.92. The van der Waals surface area contributed by atoms with E-state index in [9.17, 15) is 28.6 Å². The second kappa shape index (κ2) is 8.79. The van der Waals surface area contributed by atoms with Crippen LogP contribution in [-0.4, -0.2) is 29.0 Å². The zero-order chi connectivity index (χ0) is 24.7. The third-order valence-corrected chi connectivity index (χ3v) is 5.90. The van der Waals surface area contributed by atoms with Gasteiger partial charge in [-0.3, -0.25) is 14.5 Å². The van der Waals surface area contributed by atoms with Crippen molar-refractivity contribution in [2.24, 2.45) is 0 Å². The van der Waals surface area contributed by atoms with Crippen molar-refractivity contribution in [3.63, 3.8) is 0 Å². The average molecular weight is 486 g/mol. The number of phenolic OH excluding ortho intramolecular Hbond substituents is 1. The number of phenols is 1. The van der Waals surface area contributed by atoms with Gasteiger partial charge >= 0.3 is 0 Å². The number of methoxy groups -OCH3 is 1. The number of rotatable bonds is 4. The van der Waals surface area contributed by atoms with Crippen molar-refractivity contribution in [2.45, 2.75) is 13.0 Å². The van der Waals surface area contributed by atoms with Gasteiger partial charge in [0, 0.05) is 17.3 Å². The zero-order valence-electron chi connectivity index (χ0n) is 18.0. The Morgan fingerprint density at radius 3 is 2.38 bits per heavy atom. The molecule has 4 rings (SSSR count). The molecule has 0 aliphatic carbocycles. The minimum atomic E-state index is -1.23. The fourth-order valence-corrected chi connectivity index (χ4v) is 4.11. The van der Waals surface area contributed by atoms with E-state index in [0.717, 1.165) is 23.1 Å². The Labute approximate surface area is 198 Å². The van der Waals surface area contributed by atoms with E-state index in [-0.39, 0.29) is 33.2 Å². The second-order valence-corrected chi connectivity index (χ2v) is 8.07. The van der Waals surface area contributed by atoms with Gasteiger partial charge in [0.1, 0.15) is 17.3 Å². The molecule has 3 aromatic rings. The number of ether oxygens (including phenoxy) is 1. The number of aliphatic hydroxyl groups is 1. The van der Waals surface area contributed by atoms with Crippen LogP contribution in [0.2, 0.25) is 5.02 Å². The molecule has 0 saturated carbocycles. The van der Waals surface area contributed by atoms with Crippen LogP contribution in [-0.2, 0) is 9.59 Å². The maximum atomic E-state index is 14.0. The highest BCUT2D eigenvalue weighted by Gasteiger charge is 2.47. The standard InChI is InChI=1S/C25H18ClF2NO5/c1-12-9-15(34-2)5-6-16(12)23(31)21-22(13-3-8-20(30)17(26)10-13)29(25(33)24(21)32)14-4-7-18(27)19(28)11-14/h3-11,22,30-31H,1-2H3/b23-21+. The number of carbonyl (C=O) groups is 2. The van der Waals surface area contributed by atoms with Gasteiger partial charge in [-0.15, -0.1) is 0 Å². The van der Waals surface area contributed by atoms with Crippen LogP contribution in [0.15, 0.2) is 60.2 Å². The first-order valence-corrected chi connectivity index (χ1v) is 10.4. The van der Waals surface area contributed by atoms with Crippen LogP contribution in [0.3, 0.4) is 0 Å². The highest BCUT2D eigenvalue weighted by atomic mass is 35.5. The molecule has 174 valence electrons. The normalized spacial score (nSPS) is 17.3. The topological polar surface area (TPSA) is 87.1 Å². The average Bonchev–Trinajstić information content (AvgIpc) is 3.07. The highest BCUT2D eigenvalue weighted by Crippen LogP contribution is 2.44. The lowest BCUT2D eigenvalue weighted by Gasteiger charge is -2.26. The van der Waals surface area contributed by atoms with E-state index in [1.54, 1.807) is 19.1 Å². The van der Waals surface area contributed by atoms with Crippen molar-refractivity contribution in [2.75, 3.05) is 12.0 Å². The summed E-state index contributed by atoms with van der Waals surface area (Å²) >= 11 is 6.07. The van der Waals surface area contributed by atoms with E-state index >= 15 is 0 Å². The van der Waals surface area contributed by atoms with E-state index in [0.29, 0.717) is 11.3 Å². The van der Waals surface area contributed by atoms with Gasteiger partial charge in [-0.25, -0.2) is 8.78 Å². The number of hydrogen-bond acceptors (Lipinski definition) is 5. The van der Waals surface area contributed by atoms with Crippen molar-refractivity contribution < 1.29 is 33.3 Å². The van der Waals surface area contributed by atoms with E-state index in [4.69, 9.17) is 16.3 Å². The number of aliphatic hydroxyl groups excluding tert-OH is 1. The molecule has 1 aliphatic rings. The molecule has 0 bridgehead atoms. The Morgan fingerprint density at radius 1 is 1.03 bits per heavy atom. The van der Waals surface area contributed by atoms with Gasteiger partial charge < -0.3 is 14.9 Å². The SMILES string of the molecule is COc1ccc(/C(O)=C2\C(=O)C(=O)N(c3ccc(F)c(F)c3)C2c2ccc(O)c(Cl)c2)c(C)c1. The monoisotopic (exact) mass is 485 g/mol. The van der Waals surface area contributed by atoms with Crippen molar-refractivity contribution in [3.05, 3.63) is 93.5 Å². The van der Waals surface area contributed by atoms with Gasteiger partial charge in [0.05, 0.1) is 23.7 Å². The quantitative estimate of drug-likeness (QED) is 0.299. The lowest BCUT2D eigenvalue weighted by Crippen LogP contribution is -2.29. The van der Waals surface area contributed by atoms with Gasteiger partial charge in [-0.2, -0.15) is 0 Å². The van der Waals surface area contributed by atoms with Crippen LogP contribution in [0.1, 0.15) is 22.7 Å². The number of benzene rings is 3. The summed E-state index contributed by atoms with van der Waals surface area (Å²) in [6.07, 6.45) is 0. The Kier molecular flexibility index (Phi) is 6.01. The number of amides is 1. The number of ketones is 1. The van der Waals surface area contributed by atoms with Crippen molar-refractivity contribution in [1.29, 1.82) is 0 Å². The number of carbonyl (C=O) groups excluding carboxylic acids is 2. The molecule has 1 amide bonds. The fraction of sp³-hybridized carbons (Fsp3) is 0.120. The Bertz CT molecular complexity index is 1370. The maximum absolute atomic E-state index is 14.0. The minimum absolute atomic E-state index is 0.0611. The van der Waals surface area contributed by atoms with Crippen LogP contribution in [0, 0.1) is 18.6 Å². The lowest BCUT2D eigenvalue weighted by atomic mass is 9.93. The van der Waals surface area contributed by atoms with Gasteiger partial charge in [-0.05, 0) is 60.5 Å². The van der Waals surface area contributed by atoms with Gasteiger partial charge in [0.15, 0.2) is 11.6 Å². The minimum Gasteiger partial charge on any atom is -0.507 e. The summed E-state index contributed by atoms with van der Waals surface area (Å²) in [5, 5.41) is 21.0. The molecular formula is C25H18ClF2NO5. The number of halogens is 3. The van der Waals surface area contributed by atoms with Gasteiger partial charge in [-0.1, -0.05) is 17.7 Å². The molecular weight excluding hydrogens is 468 g/mol. The second-order valence-electron chi connectivity index (χ2n) is 7.66. The first kappa shape index (κ1) is 23.3. The molecule has 6 nitrogen and oxygen atoms in total. The smallest absolute Gasteiger partial charge is 0.300 e. The Hall–Kier alpha value is -3.91. The molecule has 0 radical (unpaired) electrons. The van der Waals surface area contributed by atoms with Crippen LogP contribution < -0.4 is 9.64 Å². The molecule has 1 atom stereocenters. The number of hydrogen-bond donors (Lipinski definition) is 2. The molecule has 1 fully saturated rings. The van der Waals surface area contributed by atoms with Crippen LogP contribution in [0.25, 0.3) is 5.76 Å². The van der Waals surface area contributed by atoms with E-state index in [2.05, 4.69) is 0 Å². The largest absolute Gasteiger partial charge is 0.507 e. The van der Waals surface area contributed by atoms with Crippen LogP contribution in [0.4, 0.5) is 14.5 Å². The van der Waals surface area contributed by atoms with Crippen LogP contribution in [0.5, 0.6) is 11.5 Å². The lowest BCUT2D eigenvalue weighted by molar-refractivity contribution is -0.132. The van der Waals surface area contributed by atoms with Crippen LogP contribution >= 0.6 is 11.6 Å². The molecule has 3 aromatic carbocycles. The van der Waals surface area contributed by atoms with Crippen molar-refractivity contribution >= 4 is 34.7 Å². The molecule has 0 spiro atoms. The van der Waals surface area contributed by atoms with E-state index in [1.807, 2.05) is 0 Å². The zero-order valence-corrected chi connectivity index (χ0v) is 18.7. The van der Waals surface area contributed by atoms with Gasteiger partial charge in [0.2, 0.25) is 0 Å². The first-order valence-electron chi connectivity index (χ1n) is 10.0. The highest BCUT2D eigenvalue weighted by molar-refractivity contribution is 6.51. The van der Waals surface area contributed by atoms with Gasteiger partial charge in [0.25, 0.3) is 11.7 Å². The number of nitrogens with zero attached hydrogens (tertiary/aromatic N) is 1. The summed E-state index contributed by atoms with van der Waals surface area (Å²) in [5.74, 6) is -4.58. The van der Waals surface area contributed by atoms with E-state index in [1.165, 1.54) is 31.4 Å². The number of aromatic hydroxyl groups is 1. The first-order chi connectivity index (χ1) is 16.1. The summed E-state index contributed by atoms with van der Waals surface area (Å²) in [7, 11) is 1.48. The third-order valence-electron chi connectivity index (χ3n) is 5.60. The molecule has 1 heterocycles. The molecule has 1 aliphatic heterocycles. The summed E-state index contributed by atoms with van der Waals surface area (Å²) < 4.78 is 32.8. The predicted octanol–water partition coefficient (Wildman–Crippen LogP) is 5.27. The molecule has 9 heteroatoms.